The lowest BCUT2D eigenvalue weighted by atomic mass is 10.2. The molecule has 8 heteroatoms. The standard InChI is InChI=1S/C21H27FN4O3/c1-23-21(25-9-2-11-28-19-8-12-27-15-19)26-14-16-7-10-24-20(13-16)29-18-5-3-17(22)4-6-18/h3-7,10,13,19H,2,8-9,11-12,14-15H2,1H3,(H2,23,25,26). The van der Waals surface area contributed by atoms with E-state index in [0.29, 0.717) is 37.3 Å². The summed E-state index contributed by atoms with van der Waals surface area (Å²) in [5, 5.41) is 6.53. The molecule has 3 rings (SSSR count). The Balaban J connectivity index is 1.39. The quantitative estimate of drug-likeness (QED) is 0.382. The van der Waals surface area contributed by atoms with E-state index in [2.05, 4.69) is 20.6 Å². The average Bonchev–Trinajstić information content (AvgIpc) is 3.25. The van der Waals surface area contributed by atoms with Gasteiger partial charge in [0.1, 0.15) is 11.6 Å². The molecule has 2 N–H and O–H groups in total. The summed E-state index contributed by atoms with van der Waals surface area (Å²) in [7, 11) is 1.73. The fourth-order valence-corrected chi connectivity index (χ4v) is 2.82. The maximum absolute atomic E-state index is 13.0. The molecule has 1 aliphatic heterocycles. The summed E-state index contributed by atoms with van der Waals surface area (Å²) >= 11 is 0. The summed E-state index contributed by atoms with van der Waals surface area (Å²) in [6.45, 7) is 3.54. The second-order valence-corrected chi connectivity index (χ2v) is 6.62. The minimum atomic E-state index is -0.304. The highest BCUT2D eigenvalue weighted by molar-refractivity contribution is 5.79. The number of benzene rings is 1. The van der Waals surface area contributed by atoms with Crippen molar-refractivity contribution in [1.82, 2.24) is 15.6 Å². The Bertz CT molecular complexity index is 780. The van der Waals surface area contributed by atoms with Gasteiger partial charge in [-0.1, -0.05) is 0 Å². The molecule has 156 valence electrons. The number of aromatic nitrogens is 1. The van der Waals surface area contributed by atoms with E-state index in [9.17, 15) is 4.39 Å². The van der Waals surface area contributed by atoms with Gasteiger partial charge in [-0.2, -0.15) is 0 Å². The van der Waals surface area contributed by atoms with Crippen molar-refractivity contribution in [3.63, 3.8) is 0 Å². The van der Waals surface area contributed by atoms with Crippen LogP contribution >= 0.6 is 0 Å². The lowest BCUT2D eigenvalue weighted by Gasteiger charge is -2.13. The lowest BCUT2D eigenvalue weighted by Crippen LogP contribution is -2.37. The second kappa shape index (κ2) is 11.3. The van der Waals surface area contributed by atoms with Crippen LogP contribution in [0.2, 0.25) is 0 Å². The third-order valence-electron chi connectivity index (χ3n) is 4.37. The highest BCUT2D eigenvalue weighted by Gasteiger charge is 2.15. The van der Waals surface area contributed by atoms with Crippen molar-refractivity contribution in [2.45, 2.75) is 25.5 Å². The number of hydrogen-bond acceptors (Lipinski definition) is 5. The van der Waals surface area contributed by atoms with Gasteiger partial charge in [0.2, 0.25) is 5.88 Å². The van der Waals surface area contributed by atoms with E-state index in [4.69, 9.17) is 14.2 Å². The van der Waals surface area contributed by atoms with E-state index < -0.39 is 0 Å². The first-order chi connectivity index (χ1) is 14.2. The number of halogens is 1. The van der Waals surface area contributed by atoms with Crippen LogP contribution in [0.4, 0.5) is 4.39 Å². The molecule has 1 aliphatic rings. The van der Waals surface area contributed by atoms with Gasteiger partial charge in [0.15, 0.2) is 5.96 Å². The molecule has 1 aromatic carbocycles. The van der Waals surface area contributed by atoms with E-state index in [1.807, 2.05) is 12.1 Å². The number of nitrogens with zero attached hydrogens (tertiary/aromatic N) is 2. The maximum Gasteiger partial charge on any atom is 0.219 e. The first-order valence-electron chi connectivity index (χ1n) is 9.75. The van der Waals surface area contributed by atoms with Crippen LogP contribution in [0.3, 0.4) is 0 Å². The lowest BCUT2D eigenvalue weighted by molar-refractivity contribution is 0.0420. The molecule has 1 unspecified atom stereocenters. The van der Waals surface area contributed by atoms with Crippen molar-refractivity contribution in [2.75, 3.05) is 33.4 Å². The molecule has 2 aromatic rings. The summed E-state index contributed by atoms with van der Waals surface area (Å²) in [5.41, 5.74) is 0.990. The van der Waals surface area contributed by atoms with E-state index in [1.165, 1.54) is 12.1 Å². The minimum absolute atomic E-state index is 0.241. The number of hydrogen-bond donors (Lipinski definition) is 2. The van der Waals surface area contributed by atoms with Crippen LogP contribution in [-0.2, 0) is 16.0 Å². The Kier molecular flexibility index (Phi) is 8.21. The summed E-state index contributed by atoms with van der Waals surface area (Å²) < 4.78 is 29.7. The number of aliphatic imine (C=N–C) groups is 1. The first-order valence-corrected chi connectivity index (χ1v) is 9.75. The third kappa shape index (κ3) is 7.32. The molecular weight excluding hydrogens is 375 g/mol. The smallest absolute Gasteiger partial charge is 0.219 e. The van der Waals surface area contributed by atoms with Gasteiger partial charge in [-0.25, -0.2) is 9.37 Å². The number of nitrogens with one attached hydrogen (secondary N) is 2. The van der Waals surface area contributed by atoms with Crippen molar-refractivity contribution in [1.29, 1.82) is 0 Å². The highest BCUT2D eigenvalue weighted by atomic mass is 19.1. The monoisotopic (exact) mass is 402 g/mol. The molecule has 0 spiro atoms. The normalized spacial score (nSPS) is 16.6. The number of rotatable bonds is 9. The topological polar surface area (TPSA) is 77.0 Å². The molecule has 0 amide bonds. The highest BCUT2D eigenvalue weighted by Crippen LogP contribution is 2.20. The summed E-state index contributed by atoms with van der Waals surface area (Å²) in [6, 6.07) is 9.57. The van der Waals surface area contributed by atoms with E-state index in [1.54, 1.807) is 25.4 Å². The van der Waals surface area contributed by atoms with Crippen LogP contribution in [0.5, 0.6) is 11.6 Å². The second-order valence-electron chi connectivity index (χ2n) is 6.62. The molecule has 0 saturated carbocycles. The summed E-state index contributed by atoms with van der Waals surface area (Å²) in [4.78, 5) is 8.42. The van der Waals surface area contributed by atoms with Crippen LogP contribution in [0.15, 0.2) is 47.6 Å². The Hall–Kier alpha value is -2.71. The molecule has 0 bridgehead atoms. The van der Waals surface area contributed by atoms with Gasteiger partial charge in [0, 0.05) is 45.6 Å². The van der Waals surface area contributed by atoms with Gasteiger partial charge in [0.25, 0.3) is 0 Å². The molecule has 1 saturated heterocycles. The number of guanidine groups is 1. The van der Waals surface area contributed by atoms with E-state index in [-0.39, 0.29) is 11.9 Å². The van der Waals surface area contributed by atoms with Gasteiger partial charge >= 0.3 is 0 Å². The largest absolute Gasteiger partial charge is 0.439 e. The third-order valence-corrected chi connectivity index (χ3v) is 4.37. The number of pyridine rings is 1. The molecule has 2 heterocycles. The summed E-state index contributed by atoms with van der Waals surface area (Å²) in [5.74, 6) is 1.40. The fourth-order valence-electron chi connectivity index (χ4n) is 2.82. The molecule has 29 heavy (non-hydrogen) atoms. The van der Waals surface area contributed by atoms with Crippen LogP contribution < -0.4 is 15.4 Å². The van der Waals surface area contributed by atoms with Crippen LogP contribution in [0, 0.1) is 5.82 Å². The van der Waals surface area contributed by atoms with Crippen LogP contribution in [0.25, 0.3) is 0 Å². The zero-order valence-corrected chi connectivity index (χ0v) is 16.6. The fraction of sp³-hybridized carbons (Fsp3) is 0.429. The van der Waals surface area contributed by atoms with Crippen LogP contribution in [-0.4, -0.2) is 50.5 Å². The van der Waals surface area contributed by atoms with Gasteiger partial charge in [-0.3, -0.25) is 4.99 Å². The van der Waals surface area contributed by atoms with Crippen LogP contribution in [0.1, 0.15) is 18.4 Å². The zero-order chi connectivity index (χ0) is 20.3. The average molecular weight is 402 g/mol. The maximum atomic E-state index is 13.0. The Morgan fingerprint density at radius 2 is 2.14 bits per heavy atom. The minimum Gasteiger partial charge on any atom is -0.439 e. The van der Waals surface area contributed by atoms with Crippen molar-refractivity contribution >= 4 is 5.96 Å². The van der Waals surface area contributed by atoms with Gasteiger partial charge in [-0.05, 0) is 48.7 Å². The van der Waals surface area contributed by atoms with Crippen molar-refractivity contribution < 1.29 is 18.6 Å². The zero-order valence-electron chi connectivity index (χ0n) is 16.6. The first kappa shape index (κ1) is 21.0. The Morgan fingerprint density at radius 1 is 1.28 bits per heavy atom. The Labute approximate surface area is 170 Å². The number of ether oxygens (including phenoxy) is 3. The van der Waals surface area contributed by atoms with Crippen molar-refractivity contribution in [2.24, 2.45) is 4.99 Å². The molecular formula is C21H27FN4O3. The van der Waals surface area contributed by atoms with Crippen molar-refractivity contribution in [3.8, 4) is 11.6 Å². The van der Waals surface area contributed by atoms with Gasteiger partial charge < -0.3 is 24.8 Å². The predicted octanol–water partition coefficient (Wildman–Crippen LogP) is 2.87. The molecule has 7 nitrogen and oxygen atoms in total. The Morgan fingerprint density at radius 3 is 2.90 bits per heavy atom. The van der Waals surface area contributed by atoms with Gasteiger partial charge in [0.05, 0.1) is 12.7 Å². The summed E-state index contributed by atoms with van der Waals surface area (Å²) in [6.07, 6.45) is 3.79. The molecule has 0 radical (unpaired) electrons. The molecule has 0 aliphatic carbocycles. The van der Waals surface area contributed by atoms with E-state index in [0.717, 1.165) is 31.6 Å². The van der Waals surface area contributed by atoms with E-state index >= 15 is 0 Å². The molecule has 1 atom stereocenters. The predicted molar refractivity (Wildman–Crippen MR) is 109 cm³/mol. The van der Waals surface area contributed by atoms with Gasteiger partial charge in [-0.15, -0.1) is 0 Å². The molecule has 1 fully saturated rings. The SMILES string of the molecule is CN=C(NCCCOC1CCOC1)NCc1ccnc(Oc2ccc(F)cc2)c1. The van der Waals surface area contributed by atoms with Crippen molar-refractivity contribution in [3.05, 3.63) is 54.0 Å². The molecule has 1 aromatic heterocycles.